The highest BCUT2D eigenvalue weighted by molar-refractivity contribution is 7.93. The minimum absolute atomic E-state index is 0.0202. The van der Waals surface area contributed by atoms with Crippen molar-refractivity contribution in [1.82, 2.24) is 0 Å². The number of carbonyl (C=O) groups is 1. The number of para-hydroxylation sites is 1. The maximum Gasteiger partial charge on any atom is 0.265 e. The van der Waals surface area contributed by atoms with Gasteiger partial charge >= 0.3 is 0 Å². The molecule has 50 heavy (non-hydrogen) atoms. The van der Waals surface area contributed by atoms with Crippen LogP contribution >= 0.6 is 0 Å². The Balaban J connectivity index is 1.09. The molecule has 0 saturated heterocycles. The van der Waals surface area contributed by atoms with E-state index >= 15 is 0 Å². The van der Waals surface area contributed by atoms with E-state index in [1.807, 2.05) is 38.1 Å². The highest BCUT2D eigenvalue weighted by atomic mass is 32.2. The Kier molecular flexibility index (Phi) is 11.4. The summed E-state index contributed by atoms with van der Waals surface area (Å²) in [5, 5.41) is 0. The molecule has 0 amide bonds. The fourth-order valence-electron chi connectivity index (χ4n) is 9.38. The Morgan fingerprint density at radius 1 is 0.860 bits per heavy atom. The van der Waals surface area contributed by atoms with E-state index < -0.39 is 16.1 Å². The Morgan fingerprint density at radius 2 is 1.56 bits per heavy atom. The van der Waals surface area contributed by atoms with Gasteiger partial charge in [0.25, 0.3) is 10.0 Å². The van der Waals surface area contributed by atoms with Gasteiger partial charge in [-0.05, 0) is 129 Å². The molecule has 3 aromatic carbocycles. The van der Waals surface area contributed by atoms with Gasteiger partial charge < -0.3 is 9.47 Å². The van der Waals surface area contributed by atoms with Crippen molar-refractivity contribution < 1.29 is 22.7 Å². The van der Waals surface area contributed by atoms with Gasteiger partial charge in [-0.1, -0.05) is 80.6 Å². The number of benzene rings is 3. The van der Waals surface area contributed by atoms with Crippen LogP contribution < -0.4 is 9.04 Å². The van der Waals surface area contributed by atoms with Crippen molar-refractivity contribution in [3.63, 3.8) is 0 Å². The molecule has 1 atom stereocenters. The minimum atomic E-state index is -3.92. The maximum atomic E-state index is 14.4. The van der Waals surface area contributed by atoms with Gasteiger partial charge in [-0.3, -0.25) is 9.10 Å². The first kappa shape index (κ1) is 36.6. The number of nitrogens with zero attached hydrogens (tertiary/aromatic N) is 1. The molecule has 2 fully saturated rings. The molecule has 1 unspecified atom stereocenters. The lowest BCUT2D eigenvalue weighted by atomic mass is 9.61. The van der Waals surface area contributed by atoms with E-state index in [0.29, 0.717) is 46.2 Å². The molecule has 2 aliphatic carbocycles. The lowest BCUT2D eigenvalue weighted by Crippen LogP contribution is -2.46. The summed E-state index contributed by atoms with van der Waals surface area (Å²) in [6, 6.07) is 20.0. The summed E-state index contributed by atoms with van der Waals surface area (Å²) in [4.78, 5) is 13.7. The quantitative estimate of drug-likeness (QED) is 0.188. The number of methoxy groups -OCH3 is 1. The van der Waals surface area contributed by atoms with Crippen molar-refractivity contribution in [1.29, 1.82) is 0 Å². The van der Waals surface area contributed by atoms with Crippen LogP contribution in [0.5, 0.6) is 5.75 Å². The molecule has 2 saturated carbocycles. The number of aryl methyl sites for hydroxylation is 4. The summed E-state index contributed by atoms with van der Waals surface area (Å²) in [5.41, 5.74) is 6.02. The zero-order valence-electron chi connectivity index (χ0n) is 30.9. The molecule has 0 radical (unpaired) electrons. The number of sulfonamides is 1. The zero-order chi connectivity index (χ0) is 35.5. The number of fused-ring (bicyclic) bond motifs is 1. The van der Waals surface area contributed by atoms with Crippen molar-refractivity contribution in [3.8, 4) is 5.75 Å². The van der Waals surface area contributed by atoms with Crippen LogP contribution in [0.4, 0.5) is 5.69 Å². The summed E-state index contributed by atoms with van der Waals surface area (Å²) in [5.74, 6) is 2.77. The molecular weight excluding hydrogens is 643 g/mol. The van der Waals surface area contributed by atoms with Crippen LogP contribution in [0, 0.1) is 38.5 Å². The van der Waals surface area contributed by atoms with E-state index in [1.165, 1.54) is 43.2 Å². The fourth-order valence-corrected chi connectivity index (χ4v) is 11.5. The molecule has 1 aliphatic heterocycles. The molecule has 7 heteroatoms. The van der Waals surface area contributed by atoms with Gasteiger partial charge in [0.2, 0.25) is 0 Å². The number of carbonyl (C=O) groups excluding carboxylic acids is 1. The van der Waals surface area contributed by atoms with Crippen LogP contribution in [0.2, 0.25) is 0 Å². The van der Waals surface area contributed by atoms with Crippen molar-refractivity contribution in [3.05, 3.63) is 88.5 Å². The van der Waals surface area contributed by atoms with Gasteiger partial charge in [-0.25, -0.2) is 8.42 Å². The van der Waals surface area contributed by atoms with E-state index in [2.05, 4.69) is 38.1 Å². The molecular formula is C43H57NO5S. The number of hydrogen-bond donors (Lipinski definition) is 0. The smallest absolute Gasteiger partial charge is 0.265 e. The lowest BCUT2D eigenvalue weighted by molar-refractivity contribution is -0.125. The first-order valence-electron chi connectivity index (χ1n) is 18.9. The van der Waals surface area contributed by atoms with Crippen molar-refractivity contribution in [2.24, 2.45) is 17.8 Å². The van der Waals surface area contributed by atoms with Gasteiger partial charge in [-0.2, -0.15) is 0 Å². The molecule has 0 aromatic heterocycles. The van der Waals surface area contributed by atoms with E-state index in [0.717, 1.165) is 49.5 Å². The van der Waals surface area contributed by atoms with Crippen molar-refractivity contribution in [2.75, 3.05) is 24.6 Å². The predicted molar refractivity (Wildman–Crippen MR) is 202 cm³/mol. The topological polar surface area (TPSA) is 72.9 Å². The maximum absolute atomic E-state index is 14.4. The second-order valence-corrected chi connectivity index (χ2v) is 17.6. The van der Waals surface area contributed by atoms with Gasteiger partial charge in [0.05, 0.1) is 30.3 Å². The third kappa shape index (κ3) is 7.99. The van der Waals surface area contributed by atoms with Crippen LogP contribution in [0.1, 0.15) is 105 Å². The fraction of sp³-hybridized carbons (Fsp3) is 0.558. The van der Waals surface area contributed by atoms with Crippen LogP contribution in [0.25, 0.3) is 0 Å². The monoisotopic (exact) mass is 699 g/mol. The highest BCUT2D eigenvalue weighted by Gasteiger charge is 2.40. The van der Waals surface area contributed by atoms with Gasteiger partial charge in [0, 0.05) is 6.42 Å². The van der Waals surface area contributed by atoms with E-state index in [-0.39, 0.29) is 24.4 Å². The standard InChI is InChI=1S/C43H57NO5S/c1-30-13-15-35(16-14-30)27-43(37-11-8-9-31(2)23-37)21-19-34(20-22-43)26-39(45)29-49-28-38-18-17-36-10-6-7-12-41(36)44(38)50(46,47)42-32(3)24-40(48-5)25-33(42)4/h6-12,23-25,30,34-35,38H,13-22,26-29H2,1-5H3. The number of Topliss-reactive ketones (excluding diaryl/α,β-unsaturated/α-hetero) is 1. The normalized spacial score (nSPS) is 25.6. The van der Waals surface area contributed by atoms with Crippen LogP contribution in [-0.4, -0.2) is 40.6 Å². The van der Waals surface area contributed by atoms with Crippen molar-refractivity contribution >= 4 is 21.5 Å². The molecule has 0 spiro atoms. The van der Waals surface area contributed by atoms with E-state index in [4.69, 9.17) is 9.47 Å². The molecule has 6 rings (SSSR count). The Hall–Kier alpha value is -3.16. The minimum Gasteiger partial charge on any atom is -0.497 e. The zero-order valence-corrected chi connectivity index (χ0v) is 31.7. The summed E-state index contributed by atoms with van der Waals surface area (Å²) in [7, 11) is -2.34. The lowest BCUT2D eigenvalue weighted by Gasteiger charge is -2.44. The summed E-state index contributed by atoms with van der Waals surface area (Å²) in [6.45, 7) is 8.42. The number of anilines is 1. The molecule has 3 aliphatic rings. The summed E-state index contributed by atoms with van der Waals surface area (Å²) < 4.78 is 41.9. The summed E-state index contributed by atoms with van der Waals surface area (Å²) >= 11 is 0. The number of ketones is 1. The Labute approximate surface area is 301 Å². The number of ether oxygens (including phenoxy) is 2. The van der Waals surface area contributed by atoms with Gasteiger partial charge in [0.15, 0.2) is 5.78 Å². The molecule has 6 nitrogen and oxygen atoms in total. The largest absolute Gasteiger partial charge is 0.497 e. The van der Waals surface area contributed by atoms with Crippen LogP contribution in [0.15, 0.2) is 65.6 Å². The SMILES string of the molecule is COc1cc(C)c(S(=O)(=O)N2c3ccccc3CCC2COCC(=O)CC2CCC(CC3CCC(C)CC3)(c3cccc(C)c3)CC2)c(C)c1. The first-order chi connectivity index (χ1) is 24.0. The third-order valence-corrected chi connectivity index (χ3v) is 14.3. The third-order valence-electron chi connectivity index (χ3n) is 12.1. The molecule has 0 N–H and O–H groups in total. The Morgan fingerprint density at radius 3 is 2.24 bits per heavy atom. The highest BCUT2D eigenvalue weighted by Crippen LogP contribution is 2.49. The molecule has 3 aromatic rings. The van der Waals surface area contributed by atoms with Crippen molar-refractivity contribution in [2.45, 2.75) is 121 Å². The predicted octanol–water partition coefficient (Wildman–Crippen LogP) is 9.45. The van der Waals surface area contributed by atoms with Gasteiger partial charge in [-0.15, -0.1) is 0 Å². The molecule has 0 bridgehead atoms. The van der Waals surface area contributed by atoms with Crippen LogP contribution in [-0.2, 0) is 31.4 Å². The average Bonchev–Trinajstić information content (AvgIpc) is 3.09. The van der Waals surface area contributed by atoms with Gasteiger partial charge in [0.1, 0.15) is 12.4 Å². The molecule has 270 valence electrons. The molecule has 1 heterocycles. The van der Waals surface area contributed by atoms with Crippen LogP contribution in [0.3, 0.4) is 0 Å². The number of hydrogen-bond acceptors (Lipinski definition) is 5. The average molecular weight is 700 g/mol. The summed E-state index contributed by atoms with van der Waals surface area (Å²) in [6.07, 6.45) is 13.0. The number of rotatable bonds is 12. The van der Waals surface area contributed by atoms with E-state index in [1.54, 1.807) is 23.5 Å². The Bertz CT molecular complexity index is 1730. The first-order valence-corrected chi connectivity index (χ1v) is 20.4. The second-order valence-electron chi connectivity index (χ2n) is 15.9. The second kappa shape index (κ2) is 15.6. The van der Waals surface area contributed by atoms with E-state index in [9.17, 15) is 13.2 Å².